The smallest absolute Gasteiger partial charge is 0.321 e. The van der Waals surface area contributed by atoms with Crippen LogP contribution in [0.15, 0.2) is 28.7 Å². The van der Waals surface area contributed by atoms with Crippen molar-refractivity contribution in [1.82, 2.24) is 16.0 Å². The number of carbonyl (C=O) groups is 2. The summed E-state index contributed by atoms with van der Waals surface area (Å²) in [6, 6.07) is 7.54. The van der Waals surface area contributed by atoms with Gasteiger partial charge in [-0.15, -0.1) is 0 Å². The third kappa shape index (κ3) is 5.47. The van der Waals surface area contributed by atoms with Crippen molar-refractivity contribution >= 4 is 27.9 Å². The first-order valence-electron chi connectivity index (χ1n) is 7.19. The van der Waals surface area contributed by atoms with E-state index in [4.69, 9.17) is 0 Å². The second-order valence-electron chi connectivity index (χ2n) is 5.15. The largest absolute Gasteiger partial charge is 0.337 e. The monoisotopic (exact) mass is 353 g/mol. The number of carbonyl (C=O) groups excluding carboxylic acids is 2. The highest BCUT2D eigenvalue weighted by Crippen LogP contribution is 2.11. The van der Waals surface area contributed by atoms with E-state index in [0.29, 0.717) is 6.54 Å². The molecule has 6 heteroatoms. The van der Waals surface area contributed by atoms with E-state index in [9.17, 15) is 9.59 Å². The second-order valence-corrected chi connectivity index (χ2v) is 6.06. The van der Waals surface area contributed by atoms with Gasteiger partial charge in [0.2, 0.25) is 5.91 Å². The van der Waals surface area contributed by atoms with Crippen LogP contribution in [-0.2, 0) is 11.2 Å². The molecule has 1 saturated heterocycles. The van der Waals surface area contributed by atoms with Gasteiger partial charge < -0.3 is 10.6 Å². The normalized spacial score (nSPS) is 15.5. The number of rotatable bonds is 4. The molecule has 0 bridgehead atoms. The standard InChI is InChI=1S/C15H20BrN3O2/c16-13-3-1-11(2-4-13)5-10-18-15(21)19-14(20)12-6-8-17-9-7-12/h1-4,12,17H,5-10H2,(H2,18,19,20,21). The second kappa shape index (κ2) is 8.14. The Morgan fingerprint density at radius 2 is 1.86 bits per heavy atom. The molecule has 2 rings (SSSR count). The summed E-state index contributed by atoms with van der Waals surface area (Å²) in [6.07, 6.45) is 2.32. The van der Waals surface area contributed by atoms with Gasteiger partial charge in [-0.25, -0.2) is 4.79 Å². The van der Waals surface area contributed by atoms with Crippen molar-refractivity contribution in [2.45, 2.75) is 19.3 Å². The van der Waals surface area contributed by atoms with Crippen molar-refractivity contribution in [3.63, 3.8) is 0 Å². The Labute approximate surface area is 133 Å². The average molecular weight is 354 g/mol. The van der Waals surface area contributed by atoms with Crippen LogP contribution in [0.4, 0.5) is 4.79 Å². The molecule has 0 saturated carbocycles. The lowest BCUT2D eigenvalue weighted by molar-refractivity contribution is -0.124. The Morgan fingerprint density at radius 1 is 1.19 bits per heavy atom. The molecule has 0 unspecified atom stereocenters. The lowest BCUT2D eigenvalue weighted by Gasteiger charge is -2.21. The highest BCUT2D eigenvalue weighted by molar-refractivity contribution is 9.10. The third-order valence-corrected chi connectivity index (χ3v) is 4.09. The molecule has 3 amide bonds. The lowest BCUT2D eigenvalue weighted by atomic mass is 9.97. The molecule has 5 nitrogen and oxygen atoms in total. The van der Waals surface area contributed by atoms with Gasteiger partial charge in [-0.2, -0.15) is 0 Å². The number of hydrogen-bond acceptors (Lipinski definition) is 3. The maximum atomic E-state index is 11.9. The summed E-state index contributed by atoms with van der Waals surface area (Å²) in [5, 5.41) is 8.33. The van der Waals surface area contributed by atoms with Gasteiger partial charge in [-0.1, -0.05) is 28.1 Å². The molecule has 1 aliphatic heterocycles. The van der Waals surface area contributed by atoms with Gasteiger partial charge in [-0.05, 0) is 50.0 Å². The van der Waals surface area contributed by atoms with Crippen LogP contribution >= 0.6 is 15.9 Å². The number of hydrogen-bond donors (Lipinski definition) is 3. The van der Waals surface area contributed by atoms with E-state index in [1.54, 1.807) is 0 Å². The Morgan fingerprint density at radius 3 is 2.52 bits per heavy atom. The number of benzene rings is 1. The summed E-state index contributed by atoms with van der Waals surface area (Å²) in [7, 11) is 0. The molecule has 3 N–H and O–H groups in total. The van der Waals surface area contributed by atoms with Gasteiger partial charge in [0.25, 0.3) is 0 Å². The first-order chi connectivity index (χ1) is 10.1. The van der Waals surface area contributed by atoms with E-state index in [0.717, 1.165) is 42.4 Å². The summed E-state index contributed by atoms with van der Waals surface area (Å²) in [4.78, 5) is 23.5. The first-order valence-corrected chi connectivity index (χ1v) is 7.98. The molecule has 1 heterocycles. The van der Waals surface area contributed by atoms with E-state index in [1.807, 2.05) is 24.3 Å². The minimum absolute atomic E-state index is 0.0523. The molecule has 114 valence electrons. The number of nitrogens with one attached hydrogen (secondary N) is 3. The predicted octanol–water partition coefficient (Wildman–Crippen LogP) is 1.82. The van der Waals surface area contributed by atoms with Gasteiger partial charge in [0.1, 0.15) is 0 Å². The Hall–Kier alpha value is -1.40. The minimum atomic E-state index is -0.407. The molecule has 0 aliphatic carbocycles. The van der Waals surface area contributed by atoms with Crippen LogP contribution < -0.4 is 16.0 Å². The molecule has 21 heavy (non-hydrogen) atoms. The minimum Gasteiger partial charge on any atom is -0.337 e. The summed E-state index contributed by atoms with van der Waals surface area (Å²) in [5.74, 6) is -0.221. The molecular weight excluding hydrogens is 334 g/mol. The Bertz CT molecular complexity index is 484. The van der Waals surface area contributed by atoms with Crippen LogP contribution in [-0.4, -0.2) is 31.6 Å². The quantitative estimate of drug-likeness (QED) is 0.773. The molecule has 1 aromatic rings. The van der Waals surface area contributed by atoms with Crippen molar-refractivity contribution in [3.8, 4) is 0 Å². The number of amides is 3. The van der Waals surface area contributed by atoms with E-state index < -0.39 is 6.03 Å². The van der Waals surface area contributed by atoms with E-state index in [-0.39, 0.29) is 11.8 Å². The van der Waals surface area contributed by atoms with Gasteiger partial charge in [0.15, 0.2) is 0 Å². The fourth-order valence-corrected chi connectivity index (χ4v) is 2.58. The van der Waals surface area contributed by atoms with Crippen molar-refractivity contribution in [2.75, 3.05) is 19.6 Å². The van der Waals surface area contributed by atoms with Gasteiger partial charge >= 0.3 is 6.03 Å². The van der Waals surface area contributed by atoms with Gasteiger partial charge in [-0.3, -0.25) is 10.1 Å². The van der Waals surface area contributed by atoms with Crippen LogP contribution in [0.1, 0.15) is 18.4 Å². The topological polar surface area (TPSA) is 70.2 Å². The van der Waals surface area contributed by atoms with Crippen LogP contribution in [0, 0.1) is 5.92 Å². The van der Waals surface area contributed by atoms with E-state index in [1.165, 1.54) is 0 Å². The molecule has 0 spiro atoms. The maximum Gasteiger partial charge on any atom is 0.321 e. The summed E-state index contributed by atoms with van der Waals surface area (Å²) >= 11 is 3.38. The summed E-state index contributed by atoms with van der Waals surface area (Å²) in [6.45, 7) is 2.18. The van der Waals surface area contributed by atoms with Gasteiger partial charge in [0, 0.05) is 16.9 Å². The maximum absolute atomic E-state index is 11.9. The fraction of sp³-hybridized carbons (Fsp3) is 0.467. The molecule has 0 aromatic heterocycles. The van der Waals surface area contributed by atoms with Crippen LogP contribution in [0.3, 0.4) is 0 Å². The first kappa shape index (κ1) is 16.0. The summed E-state index contributed by atoms with van der Waals surface area (Å²) in [5.41, 5.74) is 1.14. The molecule has 1 aliphatic rings. The van der Waals surface area contributed by atoms with E-state index >= 15 is 0 Å². The van der Waals surface area contributed by atoms with Crippen LogP contribution in [0.5, 0.6) is 0 Å². The van der Waals surface area contributed by atoms with Crippen molar-refractivity contribution in [2.24, 2.45) is 5.92 Å². The molecular formula is C15H20BrN3O2. The lowest BCUT2D eigenvalue weighted by Crippen LogP contribution is -2.45. The molecule has 0 radical (unpaired) electrons. The zero-order valence-electron chi connectivity index (χ0n) is 11.8. The van der Waals surface area contributed by atoms with Crippen LogP contribution in [0.2, 0.25) is 0 Å². The van der Waals surface area contributed by atoms with Crippen LogP contribution in [0.25, 0.3) is 0 Å². The average Bonchev–Trinajstić information content (AvgIpc) is 2.50. The van der Waals surface area contributed by atoms with Crippen molar-refractivity contribution in [3.05, 3.63) is 34.3 Å². The Balaban J connectivity index is 1.67. The third-order valence-electron chi connectivity index (χ3n) is 3.56. The van der Waals surface area contributed by atoms with Gasteiger partial charge in [0.05, 0.1) is 0 Å². The van der Waals surface area contributed by atoms with Crippen molar-refractivity contribution < 1.29 is 9.59 Å². The summed E-state index contributed by atoms with van der Waals surface area (Å²) < 4.78 is 1.03. The van der Waals surface area contributed by atoms with Crippen molar-refractivity contribution in [1.29, 1.82) is 0 Å². The fourth-order valence-electron chi connectivity index (χ4n) is 2.31. The predicted molar refractivity (Wildman–Crippen MR) is 85.0 cm³/mol. The number of imide groups is 1. The highest BCUT2D eigenvalue weighted by Gasteiger charge is 2.22. The Kier molecular flexibility index (Phi) is 6.20. The molecule has 1 fully saturated rings. The highest BCUT2D eigenvalue weighted by atomic mass is 79.9. The number of urea groups is 1. The van der Waals surface area contributed by atoms with E-state index in [2.05, 4.69) is 31.9 Å². The molecule has 1 aromatic carbocycles. The SMILES string of the molecule is O=C(NCCc1ccc(Br)cc1)NC(=O)C1CCNCC1. The number of piperidine rings is 1. The zero-order chi connectivity index (χ0) is 15.1. The molecule has 0 atom stereocenters. The zero-order valence-corrected chi connectivity index (χ0v) is 13.4. The number of halogens is 1.